The summed E-state index contributed by atoms with van der Waals surface area (Å²) in [5, 5.41) is 2.87. The molecule has 2 N–H and O–H groups in total. The molecule has 0 radical (unpaired) electrons. The number of carbonyl (C=O) groups excluding carboxylic acids is 1. The summed E-state index contributed by atoms with van der Waals surface area (Å²) in [5.74, 6) is 0. The van der Waals surface area contributed by atoms with E-state index in [4.69, 9.17) is 4.84 Å². The Bertz CT molecular complexity index is 486. The molecule has 0 atom stereocenters. The third-order valence-electron chi connectivity index (χ3n) is 8.60. The number of unbranched alkanes of at least 4 members (excludes halogenated alkanes) is 30. The van der Waals surface area contributed by atoms with Crippen molar-refractivity contribution in [1.29, 1.82) is 0 Å². The molecule has 0 aromatic rings. The third kappa shape index (κ3) is 37.2. The van der Waals surface area contributed by atoms with E-state index in [0.29, 0.717) is 0 Å². The number of amides is 1. The van der Waals surface area contributed by atoms with Crippen LogP contribution in [0.1, 0.15) is 219 Å². The largest absolute Gasteiger partial charge is 0.426 e. The molecule has 0 aliphatic heterocycles. The van der Waals surface area contributed by atoms with Gasteiger partial charge in [-0.3, -0.25) is 0 Å². The molecule has 0 aliphatic rings. The van der Waals surface area contributed by atoms with Gasteiger partial charge in [-0.1, -0.05) is 206 Å². The summed E-state index contributed by atoms with van der Waals surface area (Å²) >= 11 is 0. The maximum atomic E-state index is 11.8. The number of rotatable bonds is 35. The molecule has 0 aromatic heterocycles. The van der Waals surface area contributed by atoms with E-state index >= 15 is 0 Å². The van der Waals surface area contributed by atoms with Crippen molar-refractivity contribution in [3.8, 4) is 0 Å². The molecule has 4 nitrogen and oxygen atoms in total. The average molecular weight is 581 g/mol. The van der Waals surface area contributed by atoms with Gasteiger partial charge in [0.2, 0.25) is 0 Å². The van der Waals surface area contributed by atoms with Gasteiger partial charge in [0.25, 0.3) is 0 Å². The van der Waals surface area contributed by atoms with Gasteiger partial charge >= 0.3 is 6.09 Å². The fraction of sp³-hybridized carbons (Fsp3) is 0.973. The molecule has 0 saturated carbocycles. The summed E-state index contributed by atoms with van der Waals surface area (Å²) in [6.07, 6.45) is 43.5. The van der Waals surface area contributed by atoms with Crippen molar-refractivity contribution in [2.24, 2.45) is 0 Å². The summed E-state index contributed by atoms with van der Waals surface area (Å²) < 4.78 is 0. The van der Waals surface area contributed by atoms with Gasteiger partial charge in [-0.25, -0.2) is 4.79 Å². The second kappa shape index (κ2) is 37.3. The van der Waals surface area contributed by atoms with Crippen LogP contribution in [0.4, 0.5) is 4.79 Å². The SMILES string of the molecule is CCCCCCCCCCCCCCCCCCNOC(=O)NCCCCCCCCCCCCCCCCCC. The fourth-order valence-corrected chi connectivity index (χ4v) is 5.76. The molecule has 246 valence electrons. The third-order valence-corrected chi connectivity index (χ3v) is 8.60. The number of hydrogen-bond donors (Lipinski definition) is 2. The maximum absolute atomic E-state index is 11.8. The van der Waals surface area contributed by atoms with E-state index in [9.17, 15) is 4.79 Å². The van der Waals surface area contributed by atoms with E-state index in [1.807, 2.05) is 0 Å². The Labute approximate surface area is 258 Å². The van der Waals surface area contributed by atoms with Crippen LogP contribution < -0.4 is 10.8 Å². The normalized spacial score (nSPS) is 11.3. The quantitative estimate of drug-likeness (QED) is 0.0579. The van der Waals surface area contributed by atoms with Gasteiger partial charge in [0.05, 0.1) is 0 Å². The molecule has 0 spiro atoms. The Morgan fingerprint density at radius 2 is 0.610 bits per heavy atom. The molecule has 0 aliphatic carbocycles. The fourth-order valence-electron chi connectivity index (χ4n) is 5.76. The van der Waals surface area contributed by atoms with Crippen molar-refractivity contribution in [3.05, 3.63) is 0 Å². The van der Waals surface area contributed by atoms with Crippen LogP contribution >= 0.6 is 0 Å². The summed E-state index contributed by atoms with van der Waals surface area (Å²) in [7, 11) is 0. The van der Waals surface area contributed by atoms with Gasteiger partial charge in [-0.05, 0) is 12.8 Å². The topological polar surface area (TPSA) is 50.4 Å². The van der Waals surface area contributed by atoms with Gasteiger partial charge in [-0.15, -0.1) is 0 Å². The zero-order chi connectivity index (χ0) is 29.7. The van der Waals surface area contributed by atoms with Crippen LogP contribution in [0.15, 0.2) is 0 Å². The van der Waals surface area contributed by atoms with Crippen LogP contribution in [-0.4, -0.2) is 19.2 Å². The Hall–Kier alpha value is -0.770. The molecule has 0 fully saturated rings. The number of hydrogen-bond acceptors (Lipinski definition) is 3. The number of nitrogens with one attached hydrogen (secondary N) is 2. The summed E-state index contributed by atoms with van der Waals surface area (Å²) in [5.41, 5.74) is 2.83. The zero-order valence-electron chi connectivity index (χ0n) is 28.4. The predicted octanol–water partition coefficient (Wildman–Crippen LogP) is 12.7. The van der Waals surface area contributed by atoms with Crippen molar-refractivity contribution in [1.82, 2.24) is 10.8 Å². The highest BCUT2D eigenvalue weighted by molar-refractivity contribution is 5.66. The van der Waals surface area contributed by atoms with Gasteiger partial charge < -0.3 is 10.2 Å². The van der Waals surface area contributed by atoms with E-state index in [0.717, 1.165) is 25.9 Å². The Morgan fingerprint density at radius 1 is 0.366 bits per heavy atom. The molecule has 0 saturated heterocycles. The van der Waals surface area contributed by atoms with Gasteiger partial charge in [0.15, 0.2) is 0 Å². The van der Waals surface area contributed by atoms with Crippen LogP contribution in [0, 0.1) is 0 Å². The lowest BCUT2D eigenvalue weighted by Crippen LogP contribution is -2.31. The zero-order valence-corrected chi connectivity index (χ0v) is 28.4. The van der Waals surface area contributed by atoms with E-state index in [1.54, 1.807) is 0 Å². The first-order valence-electron chi connectivity index (χ1n) is 19.0. The first-order valence-corrected chi connectivity index (χ1v) is 19.0. The molecule has 4 heteroatoms. The molecular formula is C37H76N2O2. The first-order chi connectivity index (χ1) is 20.3. The molecule has 1 amide bonds. The second-order valence-corrected chi connectivity index (χ2v) is 12.8. The van der Waals surface area contributed by atoms with Gasteiger partial charge in [-0.2, -0.15) is 5.48 Å². The van der Waals surface area contributed by atoms with Crippen LogP contribution in [0.3, 0.4) is 0 Å². The average Bonchev–Trinajstić information content (AvgIpc) is 2.98. The van der Waals surface area contributed by atoms with Crippen molar-refractivity contribution in [3.63, 3.8) is 0 Å². The standard InChI is InChI=1S/C37H76N2O2/c1-3-5-7-9-11-13-15-17-19-21-23-25-27-29-31-33-35-38-37(40)41-39-36-34-32-30-28-26-24-22-20-18-16-14-12-10-8-6-4-2/h39H,3-36H2,1-2H3,(H,38,40). The summed E-state index contributed by atoms with van der Waals surface area (Å²) in [4.78, 5) is 16.9. The Morgan fingerprint density at radius 3 is 0.902 bits per heavy atom. The minimum Gasteiger partial charge on any atom is -0.354 e. The van der Waals surface area contributed by atoms with Crippen molar-refractivity contribution in [2.75, 3.05) is 13.1 Å². The minimum absolute atomic E-state index is 0.331. The van der Waals surface area contributed by atoms with Crippen LogP contribution in [0.25, 0.3) is 0 Å². The van der Waals surface area contributed by atoms with Crippen molar-refractivity contribution < 1.29 is 9.63 Å². The van der Waals surface area contributed by atoms with Gasteiger partial charge in [0, 0.05) is 13.1 Å². The molecular weight excluding hydrogens is 504 g/mol. The van der Waals surface area contributed by atoms with Crippen LogP contribution in [-0.2, 0) is 4.84 Å². The number of hydroxylamine groups is 1. The van der Waals surface area contributed by atoms with Crippen LogP contribution in [0.5, 0.6) is 0 Å². The minimum atomic E-state index is -0.331. The van der Waals surface area contributed by atoms with Crippen LogP contribution in [0.2, 0.25) is 0 Å². The van der Waals surface area contributed by atoms with E-state index in [1.165, 1.54) is 193 Å². The van der Waals surface area contributed by atoms with Gasteiger partial charge in [0.1, 0.15) is 0 Å². The molecule has 0 unspecified atom stereocenters. The highest BCUT2D eigenvalue weighted by Gasteiger charge is 2.01. The second-order valence-electron chi connectivity index (χ2n) is 12.8. The van der Waals surface area contributed by atoms with E-state index < -0.39 is 0 Å². The summed E-state index contributed by atoms with van der Waals surface area (Å²) in [6, 6.07) is 0. The monoisotopic (exact) mass is 581 g/mol. The molecule has 0 aromatic carbocycles. The van der Waals surface area contributed by atoms with E-state index in [2.05, 4.69) is 24.6 Å². The lowest BCUT2D eigenvalue weighted by molar-refractivity contribution is 0.0888. The summed E-state index contributed by atoms with van der Waals surface area (Å²) in [6.45, 7) is 6.05. The smallest absolute Gasteiger partial charge is 0.354 e. The highest BCUT2D eigenvalue weighted by Crippen LogP contribution is 2.15. The molecule has 0 rings (SSSR count). The Kier molecular flexibility index (Phi) is 36.6. The van der Waals surface area contributed by atoms with Crippen molar-refractivity contribution in [2.45, 2.75) is 219 Å². The molecule has 41 heavy (non-hydrogen) atoms. The highest BCUT2D eigenvalue weighted by atomic mass is 16.7. The predicted molar refractivity (Wildman–Crippen MR) is 182 cm³/mol. The molecule has 0 bridgehead atoms. The lowest BCUT2D eigenvalue weighted by atomic mass is 10.0. The first kappa shape index (κ1) is 40.2. The molecule has 0 heterocycles. The lowest BCUT2D eigenvalue weighted by Gasteiger charge is -2.08. The Balaban J connectivity index is 3.14. The maximum Gasteiger partial charge on any atom is 0.426 e. The number of carbonyl (C=O) groups is 1. The van der Waals surface area contributed by atoms with Crippen molar-refractivity contribution >= 4 is 6.09 Å². The van der Waals surface area contributed by atoms with E-state index in [-0.39, 0.29) is 6.09 Å².